The molecule has 2 N–H and O–H groups in total. The van der Waals surface area contributed by atoms with E-state index >= 15 is 0 Å². The highest BCUT2D eigenvalue weighted by Gasteiger charge is 2.35. The fourth-order valence-electron chi connectivity index (χ4n) is 2.67. The second kappa shape index (κ2) is 8.17. The van der Waals surface area contributed by atoms with Crippen molar-refractivity contribution in [2.24, 2.45) is 11.8 Å². The molecule has 0 bridgehead atoms. The Balaban J connectivity index is 1.64. The first-order chi connectivity index (χ1) is 11.0. The zero-order valence-corrected chi connectivity index (χ0v) is 13.8. The maximum Gasteiger partial charge on any atom is 0.308 e. The first-order valence-corrected chi connectivity index (χ1v) is 7.93. The number of rotatable bonds is 7. The van der Waals surface area contributed by atoms with Gasteiger partial charge in [0.1, 0.15) is 12.4 Å². The van der Waals surface area contributed by atoms with Gasteiger partial charge in [0, 0.05) is 18.1 Å². The SMILES string of the molecule is C[C@@H]1CN(CC(=O)NCCOc2ccc(Cl)cc2)C[C@H]1C(=O)O. The van der Waals surface area contributed by atoms with Crippen molar-refractivity contribution >= 4 is 23.5 Å². The summed E-state index contributed by atoms with van der Waals surface area (Å²) < 4.78 is 5.48. The number of ether oxygens (including phenoxy) is 1. The van der Waals surface area contributed by atoms with E-state index in [1.54, 1.807) is 24.3 Å². The van der Waals surface area contributed by atoms with E-state index in [0.717, 1.165) is 0 Å². The monoisotopic (exact) mass is 340 g/mol. The molecule has 1 fully saturated rings. The van der Waals surface area contributed by atoms with Crippen LogP contribution in [0.3, 0.4) is 0 Å². The van der Waals surface area contributed by atoms with Crippen molar-refractivity contribution in [2.75, 3.05) is 32.8 Å². The number of nitrogens with one attached hydrogen (secondary N) is 1. The second-order valence-corrected chi connectivity index (χ2v) is 6.20. The fraction of sp³-hybridized carbons (Fsp3) is 0.500. The van der Waals surface area contributed by atoms with Gasteiger partial charge in [0.05, 0.1) is 19.0 Å². The summed E-state index contributed by atoms with van der Waals surface area (Å²) in [5.41, 5.74) is 0. The smallest absolute Gasteiger partial charge is 0.308 e. The normalized spacial score (nSPS) is 21.1. The molecule has 0 unspecified atom stereocenters. The van der Waals surface area contributed by atoms with Gasteiger partial charge in [0.25, 0.3) is 0 Å². The van der Waals surface area contributed by atoms with Crippen molar-refractivity contribution in [1.82, 2.24) is 10.2 Å². The van der Waals surface area contributed by atoms with Gasteiger partial charge < -0.3 is 15.2 Å². The van der Waals surface area contributed by atoms with Crippen molar-refractivity contribution in [2.45, 2.75) is 6.92 Å². The summed E-state index contributed by atoms with van der Waals surface area (Å²) in [5, 5.41) is 12.5. The third-order valence-electron chi connectivity index (χ3n) is 3.88. The van der Waals surface area contributed by atoms with Crippen LogP contribution in [0.2, 0.25) is 5.02 Å². The highest BCUT2D eigenvalue weighted by molar-refractivity contribution is 6.30. The molecule has 1 aliphatic heterocycles. The Bertz CT molecular complexity index is 550. The van der Waals surface area contributed by atoms with Crippen molar-refractivity contribution < 1.29 is 19.4 Å². The quantitative estimate of drug-likeness (QED) is 0.735. The minimum atomic E-state index is -0.795. The summed E-state index contributed by atoms with van der Waals surface area (Å²) >= 11 is 5.78. The molecular formula is C16H21ClN2O4. The predicted octanol–water partition coefficient (Wildman–Crippen LogP) is 1.49. The van der Waals surface area contributed by atoms with Gasteiger partial charge in [-0.25, -0.2) is 0 Å². The van der Waals surface area contributed by atoms with E-state index in [9.17, 15) is 9.59 Å². The molecule has 2 rings (SSSR count). The molecule has 7 heteroatoms. The molecule has 23 heavy (non-hydrogen) atoms. The number of carbonyl (C=O) groups is 2. The molecule has 2 atom stereocenters. The Morgan fingerprint density at radius 2 is 2.04 bits per heavy atom. The van der Waals surface area contributed by atoms with Gasteiger partial charge in [-0.05, 0) is 30.2 Å². The summed E-state index contributed by atoms with van der Waals surface area (Å²) in [7, 11) is 0. The van der Waals surface area contributed by atoms with E-state index in [0.29, 0.717) is 37.0 Å². The molecule has 1 saturated heterocycles. The van der Waals surface area contributed by atoms with Crippen LogP contribution >= 0.6 is 11.6 Å². The van der Waals surface area contributed by atoms with Crippen LogP contribution < -0.4 is 10.1 Å². The Morgan fingerprint density at radius 3 is 2.65 bits per heavy atom. The van der Waals surface area contributed by atoms with Gasteiger partial charge in [-0.2, -0.15) is 0 Å². The lowest BCUT2D eigenvalue weighted by Crippen LogP contribution is -2.38. The summed E-state index contributed by atoms with van der Waals surface area (Å²) in [6.07, 6.45) is 0. The number of carbonyl (C=O) groups excluding carboxylic acids is 1. The van der Waals surface area contributed by atoms with Crippen molar-refractivity contribution in [3.63, 3.8) is 0 Å². The van der Waals surface area contributed by atoms with Gasteiger partial charge in [-0.1, -0.05) is 18.5 Å². The number of amides is 1. The van der Waals surface area contributed by atoms with Crippen LogP contribution in [0.1, 0.15) is 6.92 Å². The zero-order chi connectivity index (χ0) is 16.8. The van der Waals surface area contributed by atoms with Gasteiger partial charge in [-0.3, -0.25) is 14.5 Å². The summed E-state index contributed by atoms with van der Waals surface area (Å²) in [4.78, 5) is 24.8. The Morgan fingerprint density at radius 1 is 1.35 bits per heavy atom. The Kier molecular flexibility index (Phi) is 6.24. The molecule has 6 nitrogen and oxygen atoms in total. The molecule has 0 spiro atoms. The van der Waals surface area contributed by atoms with Crippen LogP contribution in [-0.2, 0) is 9.59 Å². The number of nitrogens with zero attached hydrogens (tertiary/aromatic N) is 1. The van der Waals surface area contributed by atoms with E-state index < -0.39 is 11.9 Å². The van der Waals surface area contributed by atoms with E-state index in [1.165, 1.54) is 0 Å². The number of aliphatic carboxylic acids is 1. The fourth-order valence-corrected chi connectivity index (χ4v) is 2.79. The molecule has 1 amide bonds. The first kappa shape index (κ1) is 17.6. The lowest BCUT2D eigenvalue weighted by atomic mass is 9.99. The zero-order valence-electron chi connectivity index (χ0n) is 13.0. The highest BCUT2D eigenvalue weighted by Crippen LogP contribution is 2.22. The number of halogens is 1. The average molecular weight is 341 g/mol. The topological polar surface area (TPSA) is 78.9 Å². The molecule has 1 aliphatic rings. The highest BCUT2D eigenvalue weighted by atomic mass is 35.5. The summed E-state index contributed by atoms with van der Waals surface area (Å²) in [6.45, 7) is 3.93. The number of carboxylic acid groups (broad SMARTS) is 1. The van der Waals surface area contributed by atoms with Crippen LogP contribution in [0.15, 0.2) is 24.3 Å². The molecule has 1 heterocycles. The maximum absolute atomic E-state index is 11.9. The van der Waals surface area contributed by atoms with Gasteiger partial charge in [-0.15, -0.1) is 0 Å². The number of hydrogen-bond acceptors (Lipinski definition) is 4. The van der Waals surface area contributed by atoms with Gasteiger partial charge in [0.2, 0.25) is 5.91 Å². The van der Waals surface area contributed by atoms with Crippen LogP contribution in [0, 0.1) is 11.8 Å². The minimum Gasteiger partial charge on any atom is -0.492 e. The van der Waals surface area contributed by atoms with Crippen LogP contribution in [0.25, 0.3) is 0 Å². The van der Waals surface area contributed by atoms with Crippen molar-refractivity contribution in [1.29, 1.82) is 0 Å². The van der Waals surface area contributed by atoms with E-state index in [2.05, 4.69) is 5.32 Å². The molecular weight excluding hydrogens is 320 g/mol. The predicted molar refractivity (Wildman–Crippen MR) is 86.7 cm³/mol. The van der Waals surface area contributed by atoms with Gasteiger partial charge in [0.15, 0.2) is 0 Å². The lowest BCUT2D eigenvalue weighted by molar-refractivity contribution is -0.142. The Hall–Kier alpha value is -1.79. The molecule has 126 valence electrons. The van der Waals surface area contributed by atoms with Gasteiger partial charge >= 0.3 is 5.97 Å². The van der Waals surface area contributed by atoms with Crippen LogP contribution in [0.4, 0.5) is 0 Å². The number of likely N-dealkylation sites (tertiary alicyclic amines) is 1. The average Bonchev–Trinajstić information content (AvgIpc) is 2.86. The summed E-state index contributed by atoms with van der Waals surface area (Å²) in [5.74, 6) is -0.550. The maximum atomic E-state index is 11.9. The number of hydrogen-bond donors (Lipinski definition) is 2. The molecule has 0 saturated carbocycles. The molecule has 0 aliphatic carbocycles. The van der Waals surface area contributed by atoms with Crippen molar-refractivity contribution in [3.05, 3.63) is 29.3 Å². The molecule has 0 aromatic heterocycles. The number of benzene rings is 1. The van der Waals surface area contributed by atoms with E-state index in [1.807, 2.05) is 11.8 Å². The lowest BCUT2D eigenvalue weighted by Gasteiger charge is -2.15. The third kappa shape index (κ3) is 5.41. The van der Waals surface area contributed by atoms with E-state index in [4.69, 9.17) is 21.4 Å². The third-order valence-corrected chi connectivity index (χ3v) is 4.13. The first-order valence-electron chi connectivity index (χ1n) is 7.56. The van der Waals surface area contributed by atoms with Crippen LogP contribution in [-0.4, -0.2) is 54.7 Å². The molecule has 1 aromatic rings. The van der Waals surface area contributed by atoms with E-state index in [-0.39, 0.29) is 18.4 Å². The van der Waals surface area contributed by atoms with Crippen LogP contribution in [0.5, 0.6) is 5.75 Å². The molecule has 1 aromatic carbocycles. The summed E-state index contributed by atoms with van der Waals surface area (Å²) in [6, 6.07) is 7.01. The second-order valence-electron chi connectivity index (χ2n) is 5.77. The minimum absolute atomic E-state index is 0.0635. The van der Waals surface area contributed by atoms with Crippen molar-refractivity contribution in [3.8, 4) is 5.75 Å². The number of carboxylic acids is 1. The Labute approximate surface area is 140 Å². The standard InChI is InChI=1S/C16H21ClN2O4/c1-11-8-19(9-14(11)16(21)22)10-15(20)18-6-7-23-13-4-2-12(17)3-5-13/h2-5,11,14H,6-10H2,1H3,(H,18,20)(H,21,22)/t11-,14-/m1/s1. The largest absolute Gasteiger partial charge is 0.492 e. The molecule has 0 radical (unpaired) electrons.